The topological polar surface area (TPSA) is 45.2 Å². The van der Waals surface area contributed by atoms with Crippen LogP contribution in [0.3, 0.4) is 0 Å². The van der Waals surface area contributed by atoms with E-state index in [0.717, 1.165) is 23.7 Å². The van der Waals surface area contributed by atoms with Gasteiger partial charge in [0, 0.05) is 18.3 Å². The molecule has 1 unspecified atom stereocenters. The first kappa shape index (κ1) is 14.3. The molecule has 19 heavy (non-hydrogen) atoms. The molecule has 0 saturated heterocycles. The second-order valence-corrected chi connectivity index (χ2v) is 5.71. The summed E-state index contributed by atoms with van der Waals surface area (Å²) >= 11 is 0. The molecule has 1 aliphatic carbocycles. The van der Waals surface area contributed by atoms with Crippen molar-refractivity contribution in [1.29, 1.82) is 0 Å². The van der Waals surface area contributed by atoms with E-state index in [0.29, 0.717) is 18.3 Å². The lowest BCUT2D eigenvalue weighted by Crippen LogP contribution is -2.36. The molecule has 0 spiro atoms. The predicted octanol–water partition coefficient (Wildman–Crippen LogP) is 3.54. The quantitative estimate of drug-likeness (QED) is 0.853. The van der Waals surface area contributed by atoms with E-state index in [9.17, 15) is 5.11 Å². The maximum atomic E-state index is 9.83. The second-order valence-electron chi connectivity index (χ2n) is 5.71. The Morgan fingerprint density at radius 1 is 1.32 bits per heavy atom. The van der Waals surface area contributed by atoms with Gasteiger partial charge in [0.1, 0.15) is 5.75 Å². The maximum Gasteiger partial charge on any atom is 0.138 e. The van der Waals surface area contributed by atoms with Gasteiger partial charge < -0.3 is 10.4 Å². The molecular weight excluding hydrogens is 236 g/mol. The standard InChI is InChI=1S/C16H26N2O/c1-3-14(13-7-5-4-6-8-13)17-11-15-16(19)10-9-12(2)18-15/h9-10,13-14,17,19H,3-8,11H2,1-2H3. The van der Waals surface area contributed by atoms with Crippen LogP contribution in [0.5, 0.6) is 5.75 Å². The number of hydrogen-bond acceptors (Lipinski definition) is 3. The summed E-state index contributed by atoms with van der Waals surface area (Å²) in [6.07, 6.45) is 7.98. The summed E-state index contributed by atoms with van der Waals surface area (Å²) in [7, 11) is 0. The zero-order valence-electron chi connectivity index (χ0n) is 12.2. The van der Waals surface area contributed by atoms with Gasteiger partial charge in [-0.15, -0.1) is 0 Å². The number of aryl methyl sites for hydroxylation is 1. The molecule has 0 aromatic carbocycles. The zero-order chi connectivity index (χ0) is 13.7. The minimum absolute atomic E-state index is 0.302. The van der Waals surface area contributed by atoms with Gasteiger partial charge in [-0.1, -0.05) is 26.2 Å². The van der Waals surface area contributed by atoms with Gasteiger partial charge in [0.25, 0.3) is 0 Å². The van der Waals surface area contributed by atoms with Gasteiger partial charge in [0.2, 0.25) is 0 Å². The fourth-order valence-corrected chi connectivity index (χ4v) is 3.14. The van der Waals surface area contributed by atoms with Gasteiger partial charge in [-0.25, -0.2) is 0 Å². The van der Waals surface area contributed by atoms with Crippen LogP contribution < -0.4 is 5.32 Å². The second kappa shape index (κ2) is 6.90. The van der Waals surface area contributed by atoms with Gasteiger partial charge in [-0.3, -0.25) is 4.98 Å². The van der Waals surface area contributed by atoms with Crippen molar-refractivity contribution in [2.45, 2.75) is 65.0 Å². The maximum absolute atomic E-state index is 9.83. The Bertz CT molecular complexity index is 400. The molecule has 3 heteroatoms. The minimum atomic E-state index is 0.302. The Labute approximate surface area is 116 Å². The van der Waals surface area contributed by atoms with Crippen LogP contribution >= 0.6 is 0 Å². The van der Waals surface area contributed by atoms with E-state index < -0.39 is 0 Å². The van der Waals surface area contributed by atoms with Crippen LogP contribution in [-0.4, -0.2) is 16.1 Å². The molecule has 0 aliphatic heterocycles. The van der Waals surface area contributed by atoms with Crippen molar-refractivity contribution in [3.05, 3.63) is 23.5 Å². The Hall–Kier alpha value is -1.09. The van der Waals surface area contributed by atoms with E-state index in [2.05, 4.69) is 17.2 Å². The molecule has 1 aromatic heterocycles. The summed E-state index contributed by atoms with van der Waals surface area (Å²) in [5, 5.41) is 13.4. The summed E-state index contributed by atoms with van der Waals surface area (Å²) in [5.74, 6) is 1.10. The number of nitrogens with one attached hydrogen (secondary N) is 1. The van der Waals surface area contributed by atoms with Crippen LogP contribution in [-0.2, 0) is 6.54 Å². The van der Waals surface area contributed by atoms with E-state index in [1.807, 2.05) is 13.0 Å². The van der Waals surface area contributed by atoms with Gasteiger partial charge >= 0.3 is 0 Å². The van der Waals surface area contributed by atoms with Crippen LogP contribution in [0.2, 0.25) is 0 Å². The van der Waals surface area contributed by atoms with Crippen molar-refractivity contribution < 1.29 is 5.11 Å². The molecule has 1 heterocycles. The Morgan fingerprint density at radius 3 is 2.74 bits per heavy atom. The Kier molecular flexibility index (Phi) is 5.20. The first-order valence-electron chi connectivity index (χ1n) is 7.59. The predicted molar refractivity (Wildman–Crippen MR) is 78.1 cm³/mol. The van der Waals surface area contributed by atoms with Crippen molar-refractivity contribution in [1.82, 2.24) is 10.3 Å². The van der Waals surface area contributed by atoms with E-state index >= 15 is 0 Å². The average molecular weight is 262 g/mol. The van der Waals surface area contributed by atoms with E-state index in [1.54, 1.807) is 6.07 Å². The van der Waals surface area contributed by atoms with Crippen molar-refractivity contribution in [2.75, 3.05) is 0 Å². The molecule has 3 nitrogen and oxygen atoms in total. The number of nitrogens with zero attached hydrogens (tertiary/aromatic N) is 1. The highest BCUT2D eigenvalue weighted by atomic mass is 16.3. The zero-order valence-corrected chi connectivity index (χ0v) is 12.2. The lowest BCUT2D eigenvalue weighted by atomic mass is 9.83. The van der Waals surface area contributed by atoms with Crippen LogP contribution in [0.25, 0.3) is 0 Å². The highest BCUT2D eigenvalue weighted by Gasteiger charge is 2.22. The first-order chi connectivity index (χ1) is 9.20. The highest BCUT2D eigenvalue weighted by Crippen LogP contribution is 2.28. The van der Waals surface area contributed by atoms with Crippen LogP contribution in [0.15, 0.2) is 12.1 Å². The number of rotatable bonds is 5. The van der Waals surface area contributed by atoms with Crippen molar-refractivity contribution >= 4 is 0 Å². The Morgan fingerprint density at radius 2 is 2.05 bits per heavy atom. The number of hydrogen-bond donors (Lipinski definition) is 2. The fourth-order valence-electron chi connectivity index (χ4n) is 3.14. The fraction of sp³-hybridized carbons (Fsp3) is 0.688. The molecule has 1 saturated carbocycles. The third-order valence-corrected chi connectivity index (χ3v) is 4.28. The summed E-state index contributed by atoms with van der Waals surface area (Å²) in [4.78, 5) is 4.41. The summed E-state index contributed by atoms with van der Waals surface area (Å²) < 4.78 is 0. The molecule has 0 amide bonds. The monoisotopic (exact) mass is 262 g/mol. The SMILES string of the molecule is CCC(NCc1nc(C)ccc1O)C1CCCCC1. The van der Waals surface area contributed by atoms with Crippen LogP contribution in [0, 0.1) is 12.8 Å². The third-order valence-electron chi connectivity index (χ3n) is 4.28. The average Bonchev–Trinajstić information content (AvgIpc) is 2.44. The van der Waals surface area contributed by atoms with Gasteiger partial charge in [-0.2, -0.15) is 0 Å². The molecule has 1 aliphatic rings. The molecule has 2 N–H and O–H groups in total. The van der Waals surface area contributed by atoms with Gasteiger partial charge in [-0.05, 0) is 44.2 Å². The van der Waals surface area contributed by atoms with Crippen molar-refractivity contribution in [3.63, 3.8) is 0 Å². The summed E-state index contributed by atoms with van der Waals surface area (Å²) in [6.45, 7) is 4.87. The lowest BCUT2D eigenvalue weighted by Gasteiger charge is -2.30. The van der Waals surface area contributed by atoms with Crippen LogP contribution in [0.4, 0.5) is 0 Å². The molecule has 106 valence electrons. The molecule has 0 radical (unpaired) electrons. The third kappa shape index (κ3) is 3.93. The smallest absolute Gasteiger partial charge is 0.138 e. The molecule has 1 aromatic rings. The molecular formula is C16H26N2O. The van der Waals surface area contributed by atoms with E-state index in [-0.39, 0.29) is 0 Å². The highest BCUT2D eigenvalue weighted by molar-refractivity contribution is 5.27. The van der Waals surface area contributed by atoms with Crippen LogP contribution in [0.1, 0.15) is 56.8 Å². The van der Waals surface area contributed by atoms with E-state index in [4.69, 9.17) is 0 Å². The first-order valence-corrected chi connectivity index (χ1v) is 7.59. The number of aromatic hydroxyl groups is 1. The molecule has 1 fully saturated rings. The minimum Gasteiger partial charge on any atom is -0.506 e. The Balaban J connectivity index is 1.93. The number of pyridine rings is 1. The van der Waals surface area contributed by atoms with Gasteiger partial charge in [0.15, 0.2) is 0 Å². The van der Waals surface area contributed by atoms with Gasteiger partial charge in [0.05, 0.1) is 5.69 Å². The summed E-state index contributed by atoms with van der Waals surface area (Å²) in [6, 6.07) is 4.14. The lowest BCUT2D eigenvalue weighted by molar-refractivity contribution is 0.260. The molecule has 0 bridgehead atoms. The van der Waals surface area contributed by atoms with E-state index in [1.165, 1.54) is 32.1 Å². The normalized spacial score (nSPS) is 18.4. The largest absolute Gasteiger partial charge is 0.506 e. The number of aromatic nitrogens is 1. The molecule has 1 atom stereocenters. The van der Waals surface area contributed by atoms with Crippen molar-refractivity contribution in [3.8, 4) is 5.75 Å². The molecule has 2 rings (SSSR count). The summed E-state index contributed by atoms with van der Waals surface area (Å²) in [5.41, 5.74) is 1.73. The van der Waals surface area contributed by atoms with Crippen molar-refractivity contribution in [2.24, 2.45) is 5.92 Å².